The fourth-order valence-corrected chi connectivity index (χ4v) is 4.35. The zero-order valence-corrected chi connectivity index (χ0v) is 17.2. The van der Waals surface area contributed by atoms with E-state index in [9.17, 15) is 4.79 Å². The van der Waals surface area contributed by atoms with E-state index < -0.39 is 5.91 Å². The molecular formula is C19H15Cl3N2OS. The predicted molar refractivity (Wildman–Crippen MR) is 110 cm³/mol. The maximum atomic E-state index is 12.6. The van der Waals surface area contributed by atoms with Crippen molar-refractivity contribution in [1.29, 1.82) is 0 Å². The van der Waals surface area contributed by atoms with Crippen molar-refractivity contribution in [3.05, 3.63) is 72.8 Å². The summed E-state index contributed by atoms with van der Waals surface area (Å²) in [4.78, 5) is 18.6. The van der Waals surface area contributed by atoms with Crippen LogP contribution in [0.15, 0.2) is 47.5 Å². The Morgan fingerprint density at radius 1 is 1.08 bits per heavy atom. The summed E-state index contributed by atoms with van der Waals surface area (Å²) in [6, 6.07) is 12.4. The average Bonchev–Trinajstić information content (AvgIpc) is 2.90. The van der Waals surface area contributed by atoms with Crippen LogP contribution in [0.1, 0.15) is 22.2 Å². The zero-order valence-electron chi connectivity index (χ0n) is 14.1. The summed E-state index contributed by atoms with van der Waals surface area (Å²) in [5.41, 5.74) is 2.39. The number of aryl methyl sites for hydroxylation is 1. The lowest BCUT2D eigenvalue weighted by Crippen LogP contribution is -2.17. The molecule has 134 valence electrons. The van der Waals surface area contributed by atoms with Crippen LogP contribution in [0, 0.1) is 6.92 Å². The van der Waals surface area contributed by atoms with Gasteiger partial charge in [-0.05, 0) is 49.7 Å². The van der Waals surface area contributed by atoms with E-state index in [0.717, 1.165) is 16.1 Å². The number of aromatic nitrogens is 1. The highest BCUT2D eigenvalue weighted by Crippen LogP contribution is 2.27. The third-order valence-electron chi connectivity index (χ3n) is 3.87. The molecule has 0 spiro atoms. The number of carbonyl (C=O) groups is 1. The van der Waals surface area contributed by atoms with E-state index in [2.05, 4.69) is 4.99 Å². The summed E-state index contributed by atoms with van der Waals surface area (Å²) >= 11 is 19.5. The fourth-order valence-electron chi connectivity index (χ4n) is 2.68. The molecule has 0 N–H and O–H groups in total. The van der Waals surface area contributed by atoms with Crippen molar-refractivity contribution in [1.82, 2.24) is 4.57 Å². The molecule has 1 aromatic heterocycles. The SMILES string of the molecule is CCn1c(-c2ccc(Cl)cc2)c(C)sc1=NC(=O)c1ccc(Cl)cc1Cl. The number of carbonyl (C=O) groups excluding carboxylic acids is 1. The minimum Gasteiger partial charge on any atom is -0.316 e. The van der Waals surface area contributed by atoms with Crippen LogP contribution in [-0.4, -0.2) is 10.5 Å². The molecule has 0 bridgehead atoms. The molecule has 0 aliphatic rings. The van der Waals surface area contributed by atoms with Crippen LogP contribution >= 0.6 is 46.1 Å². The topological polar surface area (TPSA) is 34.4 Å². The molecule has 26 heavy (non-hydrogen) atoms. The van der Waals surface area contributed by atoms with Crippen molar-refractivity contribution in [2.75, 3.05) is 0 Å². The van der Waals surface area contributed by atoms with Crippen LogP contribution in [0.4, 0.5) is 0 Å². The second-order valence-electron chi connectivity index (χ2n) is 5.58. The van der Waals surface area contributed by atoms with Gasteiger partial charge in [0.15, 0.2) is 4.80 Å². The number of hydrogen-bond acceptors (Lipinski definition) is 2. The van der Waals surface area contributed by atoms with Gasteiger partial charge in [-0.15, -0.1) is 11.3 Å². The highest BCUT2D eigenvalue weighted by atomic mass is 35.5. The number of hydrogen-bond donors (Lipinski definition) is 0. The monoisotopic (exact) mass is 424 g/mol. The van der Waals surface area contributed by atoms with Gasteiger partial charge in [-0.3, -0.25) is 4.79 Å². The molecule has 0 radical (unpaired) electrons. The van der Waals surface area contributed by atoms with Gasteiger partial charge in [-0.25, -0.2) is 0 Å². The number of halogens is 3. The highest BCUT2D eigenvalue weighted by Gasteiger charge is 2.14. The molecule has 1 amide bonds. The first-order valence-corrected chi connectivity index (χ1v) is 9.86. The number of amides is 1. The summed E-state index contributed by atoms with van der Waals surface area (Å²) in [6.45, 7) is 4.71. The Morgan fingerprint density at radius 3 is 2.35 bits per heavy atom. The van der Waals surface area contributed by atoms with Crippen LogP contribution in [0.2, 0.25) is 15.1 Å². The molecule has 0 atom stereocenters. The minimum absolute atomic E-state index is 0.292. The van der Waals surface area contributed by atoms with Gasteiger partial charge in [0.05, 0.1) is 16.3 Å². The molecule has 0 aliphatic heterocycles. The average molecular weight is 426 g/mol. The predicted octanol–water partition coefficient (Wildman–Crippen LogP) is 6.25. The maximum absolute atomic E-state index is 12.6. The van der Waals surface area contributed by atoms with Gasteiger partial charge < -0.3 is 4.57 Å². The smallest absolute Gasteiger partial charge is 0.281 e. The van der Waals surface area contributed by atoms with E-state index in [1.807, 2.05) is 42.7 Å². The molecule has 3 rings (SSSR count). The van der Waals surface area contributed by atoms with Gasteiger partial charge in [0.2, 0.25) is 0 Å². The number of thiazole rings is 1. The Labute approximate surface area is 170 Å². The third-order valence-corrected chi connectivity index (χ3v) is 5.66. The molecule has 7 heteroatoms. The van der Waals surface area contributed by atoms with Crippen LogP contribution < -0.4 is 4.80 Å². The van der Waals surface area contributed by atoms with Crippen LogP contribution in [-0.2, 0) is 6.54 Å². The molecule has 0 unspecified atom stereocenters. The Morgan fingerprint density at radius 2 is 1.73 bits per heavy atom. The summed E-state index contributed by atoms with van der Waals surface area (Å²) in [5.74, 6) is -0.391. The van der Waals surface area contributed by atoms with Gasteiger partial charge in [0, 0.05) is 21.5 Å². The van der Waals surface area contributed by atoms with E-state index in [1.54, 1.807) is 18.2 Å². The van der Waals surface area contributed by atoms with Gasteiger partial charge in [0.1, 0.15) is 0 Å². The molecule has 0 saturated carbocycles. The fraction of sp³-hybridized carbons (Fsp3) is 0.158. The van der Waals surface area contributed by atoms with Crippen molar-refractivity contribution < 1.29 is 4.79 Å². The summed E-state index contributed by atoms with van der Waals surface area (Å²) < 4.78 is 2.02. The minimum atomic E-state index is -0.391. The zero-order chi connectivity index (χ0) is 18.8. The Bertz CT molecular complexity index is 1040. The lowest BCUT2D eigenvalue weighted by Gasteiger charge is -2.08. The largest absolute Gasteiger partial charge is 0.316 e. The highest BCUT2D eigenvalue weighted by molar-refractivity contribution is 7.09. The third kappa shape index (κ3) is 3.89. The van der Waals surface area contributed by atoms with Crippen molar-refractivity contribution in [3.63, 3.8) is 0 Å². The maximum Gasteiger partial charge on any atom is 0.281 e. The Hall–Kier alpha value is -1.59. The van der Waals surface area contributed by atoms with Crippen LogP contribution in [0.3, 0.4) is 0 Å². The Kier molecular flexibility index (Phi) is 5.88. The Balaban J connectivity index is 2.11. The second kappa shape index (κ2) is 7.97. The van der Waals surface area contributed by atoms with Crippen molar-refractivity contribution >= 4 is 52.0 Å². The lowest BCUT2D eigenvalue weighted by molar-refractivity contribution is 0.0998. The van der Waals surface area contributed by atoms with Crippen molar-refractivity contribution in [2.45, 2.75) is 20.4 Å². The second-order valence-corrected chi connectivity index (χ2v) is 8.04. The number of rotatable bonds is 3. The van der Waals surface area contributed by atoms with Gasteiger partial charge >= 0.3 is 0 Å². The van der Waals surface area contributed by atoms with Gasteiger partial charge in [-0.1, -0.05) is 46.9 Å². The molecule has 0 saturated heterocycles. The summed E-state index contributed by atoms with van der Waals surface area (Å²) in [5, 5.41) is 1.45. The molecule has 3 nitrogen and oxygen atoms in total. The molecule has 0 aliphatic carbocycles. The van der Waals surface area contributed by atoms with E-state index in [1.165, 1.54) is 11.3 Å². The molecule has 2 aromatic carbocycles. The van der Waals surface area contributed by atoms with Crippen molar-refractivity contribution in [2.24, 2.45) is 4.99 Å². The van der Waals surface area contributed by atoms with Gasteiger partial charge in [-0.2, -0.15) is 4.99 Å². The quantitative estimate of drug-likeness (QED) is 0.488. The molecule has 0 fully saturated rings. The van der Waals surface area contributed by atoms with Crippen molar-refractivity contribution in [3.8, 4) is 11.3 Å². The first kappa shape index (κ1) is 19.2. The number of benzene rings is 2. The van der Waals surface area contributed by atoms with E-state index in [0.29, 0.717) is 32.0 Å². The van der Waals surface area contributed by atoms with Crippen LogP contribution in [0.25, 0.3) is 11.3 Å². The van der Waals surface area contributed by atoms with Crippen LogP contribution in [0.5, 0.6) is 0 Å². The van der Waals surface area contributed by atoms with E-state index in [-0.39, 0.29) is 0 Å². The normalized spacial score (nSPS) is 11.8. The number of nitrogens with zero attached hydrogens (tertiary/aromatic N) is 2. The molecular weight excluding hydrogens is 411 g/mol. The summed E-state index contributed by atoms with van der Waals surface area (Å²) in [7, 11) is 0. The lowest BCUT2D eigenvalue weighted by atomic mass is 10.1. The molecule has 3 aromatic rings. The summed E-state index contributed by atoms with van der Waals surface area (Å²) in [6.07, 6.45) is 0. The van der Waals surface area contributed by atoms with E-state index >= 15 is 0 Å². The first-order chi connectivity index (χ1) is 12.4. The standard InChI is InChI=1S/C19H15Cl3N2OS/c1-3-24-17(12-4-6-13(20)7-5-12)11(2)26-19(24)23-18(25)15-9-8-14(21)10-16(15)22/h4-10H,3H2,1-2H3. The van der Waals surface area contributed by atoms with Gasteiger partial charge in [0.25, 0.3) is 5.91 Å². The first-order valence-electron chi connectivity index (χ1n) is 7.91. The molecule has 1 heterocycles. The van der Waals surface area contributed by atoms with E-state index in [4.69, 9.17) is 34.8 Å².